The number of aryl methyl sites for hydroxylation is 1. The maximum absolute atomic E-state index is 12.2. The third-order valence-corrected chi connectivity index (χ3v) is 4.47. The average molecular weight is 360 g/mol. The van der Waals surface area contributed by atoms with Crippen molar-refractivity contribution in [2.75, 3.05) is 25.3 Å². The van der Waals surface area contributed by atoms with Crippen LogP contribution in [-0.2, 0) is 4.79 Å². The molecule has 0 aliphatic heterocycles. The molecule has 0 saturated carbocycles. The van der Waals surface area contributed by atoms with Crippen LogP contribution in [0.2, 0.25) is 0 Å². The van der Waals surface area contributed by atoms with Gasteiger partial charge >= 0.3 is 0 Å². The Balaban J connectivity index is 2.13. The number of carbonyl (C=O) groups is 2. The van der Waals surface area contributed by atoms with Gasteiger partial charge in [0.2, 0.25) is 5.91 Å². The fourth-order valence-electron chi connectivity index (χ4n) is 2.16. The molecule has 3 N–H and O–H groups in total. The van der Waals surface area contributed by atoms with E-state index in [9.17, 15) is 9.59 Å². The molecule has 0 aliphatic rings. The molecule has 0 unspecified atom stereocenters. The molecule has 0 aliphatic carbocycles. The number of thioether (sulfide) groups is 1. The van der Waals surface area contributed by atoms with Crippen molar-refractivity contribution in [3.63, 3.8) is 0 Å². The Hall–Kier alpha value is -2.67. The van der Waals surface area contributed by atoms with Crippen molar-refractivity contribution in [2.24, 2.45) is 5.73 Å². The predicted octanol–water partition coefficient (Wildman–Crippen LogP) is 2.84. The predicted molar refractivity (Wildman–Crippen MR) is 98.6 cm³/mol. The first-order valence-electron chi connectivity index (χ1n) is 7.49. The molecule has 2 aromatic carbocycles. The van der Waals surface area contributed by atoms with Gasteiger partial charge in [0, 0.05) is 11.0 Å². The highest BCUT2D eigenvalue weighted by molar-refractivity contribution is 8.00. The van der Waals surface area contributed by atoms with E-state index in [0.29, 0.717) is 17.2 Å². The van der Waals surface area contributed by atoms with Gasteiger partial charge in [0.1, 0.15) is 0 Å². The van der Waals surface area contributed by atoms with E-state index in [0.717, 1.165) is 10.5 Å². The summed E-state index contributed by atoms with van der Waals surface area (Å²) >= 11 is 1.40. The Morgan fingerprint density at radius 1 is 1.08 bits per heavy atom. The fraction of sp³-hybridized carbons (Fsp3) is 0.222. The van der Waals surface area contributed by atoms with Crippen molar-refractivity contribution < 1.29 is 19.1 Å². The smallest absolute Gasteiger partial charge is 0.250 e. The monoisotopic (exact) mass is 360 g/mol. The lowest BCUT2D eigenvalue weighted by molar-refractivity contribution is -0.113. The molecular formula is C18H20N2O4S. The Kier molecular flexibility index (Phi) is 6.30. The van der Waals surface area contributed by atoms with Gasteiger partial charge in [-0.3, -0.25) is 9.59 Å². The summed E-state index contributed by atoms with van der Waals surface area (Å²) in [6.07, 6.45) is 0. The normalized spacial score (nSPS) is 10.2. The molecule has 0 fully saturated rings. The van der Waals surface area contributed by atoms with Crippen LogP contribution in [0.5, 0.6) is 11.5 Å². The van der Waals surface area contributed by atoms with Gasteiger partial charge in [-0.15, -0.1) is 11.8 Å². The first-order chi connectivity index (χ1) is 11.9. The van der Waals surface area contributed by atoms with Crippen LogP contribution in [0.3, 0.4) is 0 Å². The first-order valence-corrected chi connectivity index (χ1v) is 8.48. The zero-order valence-corrected chi connectivity index (χ0v) is 15.1. The van der Waals surface area contributed by atoms with Crippen LogP contribution in [0.1, 0.15) is 15.9 Å². The third-order valence-electron chi connectivity index (χ3n) is 3.45. The molecule has 2 amide bonds. The van der Waals surface area contributed by atoms with Crippen LogP contribution in [0, 0.1) is 6.92 Å². The number of anilines is 1. The summed E-state index contributed by atoms with van der Waals surface area (Å²) < 4.78 is 10.4. The topological polar surface area (TPSA) is 90.6 Å². The number of carbonyl (C=O) groups excluding carboxylic acids is 2. The summed E-state index contributed by atoms with van der Waals surface area (Å²) in [5, 5.41) is 2.70. The Morgan fingerprint density at radius 3 is 2.24 bits per heavy atom. The molecular weight excluding hydrogens is 340 g/mol. The van der Waals surface area contributed by atoms with E-state index in [2.05, 4.69) is 5.32 Å². The zero-order chi connectivity index (χ0) is 18.4. The molecule has 6 nitrogen and oxygen atoms in total. The number of hydrogen-bond acceptors (Lipinski definition) is 5. The average Bonchev–Trinajstić information content (AvgIpc) is 2.60. The van der Waals surface area contributed by atoms with Crippen molar-refractivity contribution in [1.29, 1.82) is 0 Å². The van der Waals surface area contributed by atoms with Gasteiger partial charge in [0.25, 0.3) is 5.91 Å². The minimum absolute atomic E-state index is 0.159. The van der Waals surface area contributed by atoms with Crippen LogP contribution in [0.25, 0.3) is 0 Å². The maximum atomic E-state index is 12.2. The number of amides is 2. The van der Waals surface area contributed by atoms with Gasteiger partial charge in [0.05, 0.1) is 31.2 Å². The second-order valence-electron chi connectivity index (χ2n) is 5.27. The molecule has 0 atom stereocenters. The SMILES string of the molecule is COc1cc(NC(=O)CSc2ccc(C)cc2)c(C(N)=O)cc1OC. The summed E-state index contributed by atoms with van der Waals surface area (Å²) in [5.41, 5.74) is 7.00. The molecule has 25 heavy (non-hydrogen) atoms. The minimum Gasteiger partial charge on any atom is -0.493 e. The number of primary amides is 1. The van der Waals surface area contributed by atoms with Crippen molar-refractivity contribution >= 4 is 29.3 Å². The number of nitrogens with one attached hydrogen (secondary N) is 1. The zero-order valence-electron chi connectivity index (χ0n) is 14.3. The van der Waals surface area contributed by atoms with Gasteiger partial charge in [0.15, 0.2) is 11.5 Å². The quantitative estimate of drug-likeness (QED) is 0.741. The highest BCUT2D eigenvalue weighted by atomic mass is 32.2. The van der Waals surface area contributed by atoms with Gasteiger partial charge in [-0.05, 0) is 25.1 Å². The molecule has 2 aromatic rings. The lowest BCUT2D eigenvalue weighted by Crippen LogP contribution is -2.19. The van der Waals surface area contributed by atoms with Gasteiger partial charge in [-0.1, -0.05) is 17.7 Å². The Morgan fingerprint density at radius 2 is 1.68 bits per heavy atom. The number of rotatable bonds is 7. The lowest BCUT2D eigenvalue weighted by Gasteiger charge is -2.14. The number of nitrogens with two attached hydrogens (primary N) is 1. The van der Waals surface area contributed by atoms with Crippen molar-refractivity contribution in [3.8, 4) is 11.5 Å². The van der Waals surface area contributed by atoms with E-state index in [1.807, 2.05) is 31.2 Å². The van der Waals surface area contributed by atoms with Crippen LogP contribution in [0.15, 0.2) is 41.3 Å². The van der Waals surface area contributed by atoms with E-state index in [1.54, 1.807) is 0 Å². The van der Waals surface area contributed by atoms with Crippen LogP contribution in [-0.4, -0.2) is 31.8 Å². The third kappa shape index (κ3) is 4.90. The van der Waals surface area contributed by atoms with Crippen molar-refractivity contribution in [1.82, 2.24) is 0 Å². The summed E-state index contributed by atoms with van der Waals surface area (Å²) in [7, 11) is 2.93. The summed E-state index contributed by atoms with van der Waals surface area (Å²) in [5.74, 6) is 0.0512. The van der Waals surface area contributed by atoms with Crippen molar-refractivity contribution in [2.45, 2.75) is 11.8 Å². The van der Waals surface area contributed by atoms with Gasteiger partial charge in [-0.25, -0.2) is 0 Å². The van der Waals surface area contributed by atoms with Crippen molar-refractivity contribution in [3.05, 3.63) is 47.5 Å². The standard InChI is InChI=1S/C18H20N2O4S/c1-11-4-6-12(7-5-11)25-10-17(21)20-14-9-16(24-3)15(23-2)8-13(14)18(19)22/h4-9H,10H2,1-3H3,(H2,19,22)(H,20,21). The second-order valence-corrected chi connectivity index (χ2v) is 6.32. The highest BCUT2D eigenvalue weighted by Crippen LogP contribution is 2.33. The Bertz CT molecular complexity index is 775. The number of methoxy groups -OCH3 is 2. The second kappa shape index (κ2) is 8.43. The molecule has 0 spiro atoms. The maximum Gasteiger partial charge on any atom is 0.250 e. The Labute approximate surface area is 150 Å². The lowest BCUT2D eigenvalue weighted by atomic mass is 10.1. The molecule has 0 saturated heterocycles. The molecule has 7 heteroatoms. The van der Waals surface area contributed by atoms with E-state index < -0.39 is 5.91 Å². The van der Waals surface area contributed by atoms with Crippen LogP contribution >= 0.6 is 11.8 Å². The number of hydrogen-bond donors (Lipinski definition) is 2. The van der Waals surface area contributed by atoms with Crippen LogP contribution < -0.4 is 20.5 Å². The van der Waals surface area contributed by atoms with Gasteiger partial charge < -0.3 is 20.5 Å². The molecule has 0 bridgehead atoms. The highest BCUT2D eigenvalue weighted by Gasteiger charge is 2.16. The van der Waals surface area contributed by atoms with E-state index in [4.69, 9.17) is 15.2 Å². The molecule has 0 aromatic heterocycles. The molecule has 132 valence electrons. The fourth-order valence-corrected chi connectivity index (χ4v) is 2.85. The molecule has 2 rings (SSSR count). The van der Waals surface area contributed by atoms with E-state index in [1.165, 1.54) is 38.1 Å². The number of benzene rings is 2. The first kappa shape index (κ1) is 18.7. The summed E-state index contributed by atoms with van der Waals surface area (Å²) in [6, 6.07) is 10.9. The molecule has 0 heterocycles. The van der Waals surface area contributed by atoms with Gasteiger partial charge in [-0.2, -0.15) is 0 Å². The molecule has 0 radical (unpaired) electrons. The summed E-state index contributed by atoms with van der Waals surface area (Å²) in [4.78, 5) is 24.9. The van der Waals surface area contributed by atoms with Crippen LogP contribution in [0.4, 0.5) is 5.69 Å². The number of ether oxygens (including phenoxy) is 2. The van der Waals surface area contributed by atoms with E-state index >= 15 is 0 Å². The largest absolute Gasteiger partial charge is 0.493 e. The van der Waals surface area contributed by atoms with E-state index in [-0.39, 0.29) is 17.2 Å². The minimum atomic E-state index is -0.664. The summed E-state index contributed by atoms with van der Waals surface area (Å²) in [6.45, 7) is 2.00.